The van der Waals surface area contributed by atoms with Crippen LogP contribution in [0.5, 0.6) is 0 Å². The first-order valence-corrected chi connectivity index (χ1v) is 7.70. The van der Waals surface area contributed by atoms with Crippen LogP contribution in [0.15, 0.2) is 0 Å². The molecule has 2 N–H and O–H groups in total. The predicted octanol–water partition coefficient (Wildman–Crippen LogP) is -2.34. The molecule has 0 rings (SSSR count). The predicted molar refractivity (Wildman–Crippen MR) is 53.6 cm³/mol. The van der Waals surface area contributed by atoms with Crippen molar-refractivity contribution in [3.05, 3.63) is 0 Å². The SMILES string of the molecule is CS(=O)(=O)O[C@H](CO)[C@@H](CO)OS(C)(=O)=O. The molecule has 0 aromatic carbocycles. The van der Waals surface area contributed by atoms with Crippen molar-refractivity contribution in [2.75, 3.05) is 25.7 Å². The molecule has 0 fully saturated rings. The van der Waals surface area contributed by atoms with Crippen LogP contribution in [-0.2, 0) is 28.6 Å². The summed E-state index contributed by atoms with van der Waals surface area (Å²) >= 11 is 0. The third-order valence-electron chi connectivity index (χ3n) is 1.37. The van der Waals surface area contributed by atoms with Crippen LogP contribution in [0, 0.1) is 0 Å². The largest absolute Gasteiger partial charge is 0.394 e. The first-order valence-electron chi connectivity index (χ1n) is 4.07. The van der Waals surface area contributed by atoms with Crippen molar-refractivity contribution in [3.63, 3.8) is 0 Å². The molecular weight excluding hydrogens is 264 g/mol. The highest BCUT2D eigenvalue weighted by Crippen LogP contribution is 2.09. The number of aliphatic hydroxyl groups is 2. The number of hydrogen-bond donors (Lipinski definition) is 2. The van der Waals surface area contributed by atoms with Crippen LogP contribution >= 0.6 is 0 Å². The van der Waals surface area contributed by atoms with Crippen molar-refractivity contribution < 1.29 is 35.4 Å². The van der Waals surface area contributed by atoms with E-state index in [-0.39, 0.29) is 0 Å². The average Bonchev–Trinajstić information content (AvgIpc) is 2.07. The van der Waals surface area contributed by atoms with Crippen LogP contribution in [0.2, 0.25) is 0 Å². The van der Waals surface area contributed by atoms with Gasteiger partial charge in [0.2, 0.25) is 0 Å². The second-order valence-electron chi connectivity index (χ2n) is 3.04. The molecular formula is C6H14O8S2. The van der Waals surface area contributed by atoms with Gasteiger partial charge in [-0.1, -0.05) is 0 Å². The molecule has 0 heterocycles. The molecule has 98 valence electrons. The highest BCUT2D eigenvalue weighted by Gasteiger charge is 2.28. The highest BCUT2D eigenvalue weighted by atomic mass is 32.2. The normalized spacial score (nSPS) is 17.0. The van der Waals surface area contributed by atoms with E-state index in [1.165, 1.54) is 0 Å². The van der Waals surface area contributed by atoms with Gasteiger partial charge in [0.15, 0.2) is 0 Å². The van der Waals surface area contributed by atoms with Crippen LogP contribution in [0.25, 0.3) is 0 Å². The summed E-state index contributed by atoms with van der Waals surface area (Å²) in [6.45, 7) is -1.62. The minimum atomic E-state index is -3.89. The molecule has 0 bridgehead atoms. The molecule has 0 saturated carbocycles. The Labute approximate surface area is 94.0 Å². The third kappa shape index (κ3) is 7.09. The van der Waals surface area contributed by atoms with Crippen molar-refractivity contribution in [1.29, 1.82) is 0 Å². The molecule has 0 aliphatic heterocycles. The van der Waals surface area contributed by atoms with Gasteiger partial charge in [-0.2, -0.15) is 16.8 Å². The lowest BCUT2D eigenvalue weighted by atomic mass is 10.2. The summed E-state index contributed by atoms with van der Waals surface area (Å²) in [5, 5.41) is 17.6. The molecule has 10 heteroatoms. The summed E-state index contributed by atoms with van der Waals surface area (Å²) in [5.41, 5.74) is 0. The van der Waals surface area contributed by atoms with Crippen LogP contribution in [0.3, 0.4) is 0 Å². The van der Waals surface area contributed by atoms with Crippen molar-refractivity contribution in [3.8, 4) is 0 Å². The lowest BCUT2D eigenvalue weighted by molar-refractivity contribution is -0.00445. The summed E-state index contributed by atoms with van der Waals surface area (Å²) in [4.78, 5) is 0. The minimum Gasteiger partial charge on any atom is -0.394 e. The summed E-state index contributed by atoms with van der Waals surface area (Å²) in [6, 6.07) is 0. The van der Waals surface area contributed by atoms with Gasteiger partial charge in [0, 0.05) is 0 Å². The Bertz CT molecular complexity index is 356. The van der Waals surface area contributed by atoms with E-state index >= 15 is 0 Å². The van der Waals surface area contributed by atoms with Gasteiger partial charge < -0.3 is 10.2 Å². The van der Waals surface area contributed by atoms with Crippen molar-refractivity contribution in [2.24, 2.45) is 0 Å². The summed E-state index contributed by atoms with van der Waals surface area (Å²) in [7, 11) is -7.78. The van der Waals surface area contributed by atoms with E-state index in [4.69, 9.17) is 10.2 Å². The zero-order valence-corrected chi connectivity index (χ0v) is 10.4. The molecule has 0 radical (unpaired) electrons. The van der Waals surface area contributed by atoms with E-state index in [1.807, 2.05) is 0 Å². The van der Waals surface area contributed by atoms with Crippen LogP contribution < -0.4 is 0 Å². The van der Waals surface area contributed by atoms with Crippen LogP contribution in [0.1, 0.15) is 0 Å². The van der Waals surface area contributed by atoms with Gasteiger partial charge >= 0.3 is 0 Å². The van der Waals surface area contributed by atoms with Crippen molar-refractivity contribution in [2.45, 2.75) is 12.2 Å². The molecule has 0 saturated heterocycles. The number of hydrogen-bond acceptors (Lipinski definition) is 8. The Hall–Kier alpha value is -0.260. The number of rotatable bonds is 7. The Morgan fingerprint density at radius 1 is 0.875 bits per heavy atom. The molecule has 0 spiro atoms. The van der Waals surface area contributed by atoms with Crippen molar-refractivity contribution >= 4 is 20.2 Å². The molecule has 0 aromatic heterocycles. The zero-order valence-electron chi connectivity index (χ0n) is 8.73. The molecule has 0 unspecified atom stereocenters. The quantitative estimate of drug-likeness (QED) is 0.496. The standard InChI is InChI=1S/C6H14O8S2/c1-15(9,10)13-5(3-7)6(4-8)14-16(2,11)12/h5-8H,3-4H2,1-2H3/t5-,6-/m1/s1. The van der Waals surface area contributed by atoms with Gasteiger partial charge in [-0.15, -0.1) is 0 Å². The topological polar surface area (TPSA) is 127 Å². The smallest absolute Gasteiger partial charge is 0.264 e. The maximum atomic E-state index is 10.8. The molecule has 16 heavy (non-hydrogen) atoms. The molecule has 2 atom stereocenters. The molecule has 0 aliphatic carbocycles. The first-order chi connectivity index (χ1) is 7.09. The van der Waals surface area contributed by atoms with E-state index in [0.29, 0.717) is 0 Å². The molecule has 0 aliphatic rings. The second-order valence-corrected chi connectivity index (χ2v) is 6.24. The monoisotopic (exact) mass is 278 g/mol. The van der Waals surface area contributed by atoms with Gasteiger partial charge in [-0.25, -0.2) is 0 Å². The van der Waals surface area contributed by atoms with E-state index in [1.54, 1.807) is 0 Å². The van der Waals surface area contributed by atoms with E-state index in [0.717, 1.165) is 12.5 Å². The van der Waals surface area contributed by atoms with Gasteiger partial charge in [0.25, 0.3) is 20.2 Å². The zero-order chi connectivity index (χ0) is 13.0. The molecule has 8 nitrogen and oxygen atoms in total. The van der Waals surface area contributed by atoms with E-state index < -0.39 is 45.7 Å². The first kappa shape index (κ1) is 15.7. The van der Waals surface area contributed by atoms with Crippen LogP contribution in [-0.4, -0.2) is 65.0 Å². The Balaban J connectivity index is 4.77. The maximum Gasteiger partial charge on any atom is 0.264 e. The fourth-order valence-corrected chi connectivity index (χ4v) is 2.14. The second kappa shape index (κ2) is 5.89. The van der Waals surface area contributed by atoms with E-state index in [9.17, 15) is 16.8 Å². The highest BCUT2D eigenvalue weighted by molar-refractivity contribution is 7.86. The molecule has 0 amide bonds. The fraction of sp³-hybridized carbons (Fsp3) is 1.00. The third-order valence-corrected chi connectivity index (χ3v) is 2.56. The van der Waals surface area contributed by atoms with Gasteiger partial charge in [0.05, 0.1) is 25.7 Å². The maximum absolute atomic E-state index is 10.8. The molecule has 0 aromatic rings. The van der Waals surface area contributed by atoms with Crippen molar-refractivity contribution in [1.82, 2.24) is 0 Å². The summed E-state index contributed by atoms with van der Waals surface area (Å²) in [6.07, 6.45) is -1.50. The summed E-state index contributed by atoms with van der Waals surface area (Å²) in [5.74, 6) is 0. The minimum absolute atomic E-state index is 0.727. The lowest BCUT2D eigenvalue weighted by Crippen LogP contribution is -2.40. The Kier molecular flexibility index (Phi) is 5.79. The van der Waals surface area contributed by atoms with Crippen LogP contribution in [0.4, 0.5) is 0 Å². The Morgan fingerprint density at radius 3 is 1.25 bits per heavy atom. The van der Waals surface area contributed by atoms with Gasteiger partial charge in [0.1, 0.15) is 12.2 Å². The van der Waals surface area contributed by atoms with Gasteiger partial charge in [-0.05, 0) is 0 Å². The number of aliphatic hydroxyl groups excluding tert-OH is 2. The van der Waals surface area contributed by atoms with Gasteiger partial charge in [-0.3, -0.25) is 8.37 Å². The Morgan fingerprint density at radius 2 is 1.12 bits per heavy atom. The fourth-order valence-electron chi connectivity index (χ4n) is 0.869. The summed E-state index contributed by atoms with van der Waals surface area (Å²) < 4.78 is 51.8. The average molecular weight is 278 g/mol. The lowest BCUT2D eigenvalue weighted by Gasteiger charge is -2.21. The van der Waals surface area contributed by atoms with E-state index in [2.05, 4.69) is 8.37 Å².